The zero-order valence-electron chi connectivity index (χ0n) is 11.5. The molecule has 0 saturated carbocycles. The number of aryl methyl sites for hydroxylation is 1. The van der Waals surface area contributed by atoms with Crippen molar-refractivity contribution in [1.29, 1.82) is 0 Å². The number of aromatic nitrogens is 2. The Morgan fingerprint density at radius 3 is 2.75 bits per heavy atom. The molecule has 4 nitrogen and oxygen atoms in total. The number of nitrogens with zero attached hydrogens (tertiary/aromatic N) is 2. The standard InChI is InChI=1S/C16H18N4/c1-20-10-16(18-11-20)15(19-17)9-13-7-4-6-12-5-2-3-8-14(12)13/h2-8,10-11,15,19H,9,17H2,1H3. The molecule has 3 aromatic rings. The van der Waals surface area contributed by atoms with E-state index in [0.29, 0.717) is 0 Å². The van der Waals surface area contributed by atoms with Gasteiger partial charge < -0.3 is 4.57 Å². The van der Waals surface area contributed by atoms with E-state index in [0.717, 1.165) is 12.1 Å². The second-order valence-corrected chi connectivity index (χ2v) is 5.03. The Balaban J connectivity index is 1.95. The van der Waals surface area contributed by atoms with Crippen LogP contribution < -0.4 is 11.3 Å². The average Bonchev–Trinajstić information content (AvgIpc) is 2.91. The summed E-state index contributed by atoms with van der Waals surface area (Å²) in [4.78, 5) is 4.38. The maximum atomic E-state index is 5.71. The summed E-state index contributed by atoms with van der Waals surface area (Å²) in [5.74, 6) is 5.71. The summed E-state index contributed by atoms with van der Waals surface area (Å²) in [6.07, 6.45) is 4.60. The summed E-state index contributed by atoms with van der Waals surface area (Å²) in [5, 5.41) is 2.52. The summed E-state index contributed by atoms with van der Waals surface area (Å²) < 4.78 is 1.93. The normalized spacial score (nSPS) is 12.7. The topological polar surface area (TPSA) is 55.9 Å². The second-order valence-electron chi connectivity index (χ2n) is 5.03. The van der Waals surface area contributed by atoms with E-state index in [2.05, 4.69) is 52.9 Å². The van der Waals surface area contributed by atoms with Gasteiger partial charge in [0.2, 0.25) is 0 Å². The van der Waals surface area contributed by atoms with Crippen LogP contribution in [0.1, 0.15) is 17.3 Å². The lowest BCUT2D eigenvalue weighted by Crippen LogP contribution is -2.29. The van der Waals surface area contributed by atoms with Crippen molar-refractivity contribution < 1.29 is 0 Å². The molecule has 3 rings (SSSR count). The van der Waals surface area contributed by atoms with E-state index in [4.69, 9.17) is 5.84 Å². The number of benzene rings is 2. The number of fused-ring (bicyclic) bond motifs is 1. The average molecular weight is 266 g/mol. The first-order valence-corrected chi connectivity index (χ1v) is 6.68. The van der Waals surface area contributed by atoms with Crippen LogP contribution in [0.2, 0.25) is 0 Å². The molecular formula is C16H18N4. The van der Waals surface area contributed by atoms with Crippen LogP contribution in [0.15, 0.2) is 55.0 Å². The first-order valence-electron chi connectivity index (χ1n) is 6.68. The fourth-order valence-electron chi connectivity index (χ4n) is 2.55. The third kappa shape index (κ3) is 2.43. The van der Waals surface area contributed by atoms with Crippen LogP contribution in [0.5, 0.6) is 0 Å². The molecule has 0 fully saturated rings. The van der Waals surface area contributed by atoms with E-state index < -0.39 is 0 Å². The molecule has 0 aliphatic carbocycles. The predicted octanol–water partition coefficient (Wildman–Crippen LogP) is 2.32. The molecule has 1 atom stereocenters. The number of nitrogens with one attached hydrogen (secondary N) is 1. The summed E-state index contributed by atoms with van der Waals surface area (Å²) in [7, 11) is 1.96. The molecule has 0 spiro atoms. The summed E-state index contributed by atoms with van der Waals surface area (Å²) >= 11 is 0. The van der Waals surface area contributed by atoms with E-state index in [1.165, 1.54) is 16.3 Å². The molecule has 4 heteroatoms. The van der Waals surface area contributed by atoms with Crippen LogP contribution in [0.25, 0.3) is 10.8 Å². The van der Waals surface area contributed by atoms with Crippen molar-refractivity contribution in [2.45, 2.75) is 12.5 Å². The van der Waals surface area contributed by atoms with Gasteiger partial charge in [0.25, 0.3) is 0 Å². The van der Waals surface area contributed by atoms with Crippen LogP contribution >= 0.6 is 0 Å². The smallest absolute Gasteiger partial charge is 0.0947 e. The van der Waals surface area contributed by atoms with Gasteiger partial charge in [-0.25, -0.2) is 4.98 Å². The third-order valence-corrected chi connectivity index (χ3v) is 3.59. The van der Waals surface area contributed by atoms with Crippen molar-refractivity contribution in [2.24, 2.45) is 12.9 Å². The Kier molecular flexibility index (Phi) is 3.50. The fraction of sp³-hybridized carbons (Fsp3) is 0.188. The highest BCUT2D eigenvalue weighted by Crippen LogP contribution is 2.23. The molecule has 0 amide bonds. The van der Waals surface area contributed by atoms with Crippen molar-refractivity contribution in [3.8, 4) is 0 Å². The van der Waals surface area contributed by atoms with Crippen molar-refractivity contribution in [1.82, 2.24) is 15.0 Å². The van der Waals surface area contributed by atoms with Gasteiger partial charge >= 0.3 is 0 Å². The lowest BCUT2D eigenvalue weighted by atomic mass is 9.98. The van der Waals surface area contributed by atoms with Crippen LogP contribution in [-0.4, -0.2) is 9.55 Å². The minimum absolute atomic E-state index is 0.0157. The van der Waals surface area contributed by atoms with Crippen molar-refractivity contribution in [3.63, 3.8) is 0 Å². The van der Waals surface area contributed by atoms with Crippen LogP contribution in [0.3, 0.4) is 0 Å². The number of hydrogen-bond donors (Lipinski definition) is 2. The number of imidazole rings is 1. The molecule has 0 aliphatic heterocycles. The zero-order valence-corrected chi connectivity index (χ0v) is 11.5. The fourth-order valence-corrected chi connectivity index (χ4v) is 2.55. The minimum atomic E-state index is 0.0157. The predicted molar refractivity (Wildman–Crippen MR) is 80.9 cm³/mol. The van der Waals surface area contributed by atoms with Crippen molar-refractivity contribution in [3.05, 3.63) is 66.2 Å². The van der Waals surface area contributed by atoms with E-state index >= 15 is 0 Å². The summed E-state index contributed by atoms with van der Waals surface area (Å²) in [6, 6.07) is 14.8. The summed E-state index contributed by atoms with van der Waals surface area (Å²) in [6.45, 7) is 0. The van der Waals surface area contributed by atoms with E-state index in [-0.39, 0.29) is 6.04 Å². The Bertz CT molecular complexity index is 712. The van der Waals surface area contributed by atoms with Gasteiger partial charge in [-0.3, -0.25) is 11.3 Å². The van der Waals surface area contributed by atoms with E-state index in [1.54, 1.807) is 6.33 Å². The van der Waals surface area contributed by atoms with Gasteiger partial charge in [0, 0.05) is 13.2 Å². The Morgan fingerprint density at radius 2 is 2.00 bits per heavy atom. The molecule has 1 unspecified atom stereocenters. The Labute approximate surface area is 118 Å². The van der Waals surface area contributed by atoms with E-state index in [1.807, 2.05) is 17.8 Å². The van der Waals surface area contributed by atoms with Gasteiger partial charge in [0.05, 0.1) is 18.1 Å². The highest BCUT2D eigenvalue weighted by Gasteiger charge is 2.14. The first-order chi connectivity index (χ1) is 9.78. The largest absolute Gasteiger partial charge is 0.340 e. The number of hydrogen-bond acceptors (Lipinski definition) is 3. The molecular weight excluding hydrogens is 248 g/mol. The molecule has 102 valence electrons. The molecule has 3 N–H and O–H groups in total. The van der Waals surface area contributed by atoms with Gasteiger partial charge in [-0.15, -0.1) is 0 Å². The van der Waals surface area contributed by atoms with Gasteiger partial charge in [-0.2, -0.15) is 0 Å². The van der Waals surface area contributed by atoms with Gasteiger partial charge in [-0.1, -0.05) is 42.5 Å². The van der Waals surface area contributed by atoms with Crippen LogP contribution in [-0.2, 0) is 13.5 Å². The van der Waals surface area contributed by atoms with Gasteiger partial charge in [0.15, 0.2) is 0 Å². The summed E-state index contributed by atoms with van der Waals surface area (Å²) in [5.41, 5.74) is 5.10. The number of rotatable bonds is 4. The molecule has 0 radical (unpaired) electrons. The highest BCUT2D eigenvalue weighted by molar-refractivity contribution is 5.85. The highest BCUT2D eigenvalue weighted by atomic mass is 15.2. The number of hydrazine groups is 1. The minimum Gasteiger partial charge on any atom is -0.340 e. The molecule has 0 saturated heterocycles. The molecule has 2 aromatic carbocycles. The first kappa shape index (κ1) is 12.8. The number of nitrogens with two attached hydrogens (primary N) is 1. The van der Waals surface area contributed by atoms with Gasteiger partial charge in [0.1, 0.15) is 0 Å². The SMILES string of the molecule is Cn1cnc(C(Cc2cccc3ccccc23)NN)c1. The van der Waals surface area contributed by atoms with Crippen LogP contribution in [0.4, 0.5) is 0 Å². The van der Waals surface area contributed by atoms with Crippen molar-refractivity contribution in [2.75, 3.05) is 0 Å². The zero-order chi connectivity index (χ0) is 13.9. The Hall–Kier alpha value is -2.17. The van der Waals surface area contributed by atoms with E-state index in [9.17, 15) is 0 Å². The monoisotopic (exact) mass is 266 g/mol. The van der Waals surface area contributed by atoms with Crippen molar-refractivity contribution >= 4 is 10.8 Å². The Morgan fingerprint density at radius 1 is 1.20 bits per heavy atom. The molecule has 0 bridgehead atoms. The maximum absolute atomic E-state index is 5.71. The molecule has 0 aliphatic rings. The maximum Gasteiger partial charge on any atom is 0.0947 e. The lowest BCUT2D eigenvalue weighted by Gasteiger charge is -2.15. The van der Waals surface area contributed by atoms with Gasteiger partial charge in [-0.05, 0) is 22.8 Å². The van der Waals surface area contributed by atoms with Crippen LogP contribution in [0, 0.1) is 0 Å². The molecule has 1 heterocycles. The molecule has 20 heavy (non-hydrogen) atoms. The quantitative estimate of drug-likeness (QED) is 0.563. The second kappa shape index (κ2) is 5.45. The lowest BCUT2D eigenvalue weighted by molar-refractivity contribution is 0.541. The molecule has 1 aromatic heterocycles. The third-order valence-electron chi connectivity index (χ3n) is 3.59.